The summed E-state index contributed by atoms with van der Waals surface area (Å²) in [5, 5.41) is 1.46. The van der Waals surface area contributed by atoms with E-state index < -0.39 is 0 Å². The molecule has 0 bridgehead atoms. The highest BCUT2D eigenvalue weighted by atomic mass is 35.5. The second kappa shape index (κ2) is 4.06. The first kappa shape index (κ1) is 12.4. The van der Waals surface area contributed by atoms with E-state index in [2.05, 4.69) is 34.0 Å². The van der Waals surface area contributed by atoms with Gasteiger partial charge in [-0.05, 0) is 31.0 Å². The summed E-state index contributed by atoms with van der Waals surface area (Å²) < 4.78 is 5.66. The van der Waals surface area contributed by atoms with E-state index in [-0.39, 0.29) is 5.41 Å². The Kier molecular flexibility index (Phi) is 2.51. The van der Waals surface area contributed by atoms with Gasteiger partial charge >= 0.3 is 0 Å². The number of rotatable bonds is 0. The van der Waals surface area contributed by atoms with Crippen LogP contribution >= 0.6 is 11.6 Å². The van der Waals surface area contributed by atoms with Crippen LogP contribution in [0.5, 0.6) is 0 Å². The Morgan fingerprint density at radius 1 is 1.35 bits per heavy atom. The number of aryl methyl sites for hydroxylation is 1. The molecule has 1 spiro atoms. The van der Waals surface area contributed by atoms with Crippen LogP contribution in [0.25, 0.3) is 10.9 Å². The summed E-state index contributed by atoms with van der Waals surface area (Å²) in [4.78, 5) is 11.1. The minimum absolute atomic E-state index is 0.129. The monoisotopic (exact) mass is 289 g/mol. The van der Waals surface area contributed by atoms with Gasteiger partial charge in [-0.3, -0.25) is 0 Å². The summed E-state index contributed by atoms with van der Waals surface area (Å²) in [6.45, 7) is 4.52. The Morgan fingerprint density at radius 3 is 2.95 bits per heavy atom. The zero-order valence-corrected chi connectivity index (χ0v) is 12.4. The topological polar surface area (TPSA) is 38.3 Å². The lowest BCUT2D eigenvalue weighted by molar-refractivity contribution is 0.180. The molecule has 104 valence electrons. The Morgan fingerprint density at radius 2 is 2.20 bits per heavy atom. The van der Waals surface area contributed by atoms with Crippen LogP contribution in [0.1, 0.15) is 17.8 Å². The summed E-state index contributed by atoms with van der Waals surface area (Å²) in [6.07, 6.45) is 1.08. The van der Waals surface area contributed by atoms with Gasteiger partial charge in [0.1, 0.15) is 11.0 Å². The molecule has 1 aromatic heterocycles. The Bertz CT molecular complexity index is 710. The minimum Gasteiger partial charge on any atom is -0.380 e. The molecule has 3 heterocycles. The van der Waals surface area contributed by atoms with Crippen LogP contribution < -0.4 is 4.90 Å². The van der Waals surface area contributed by atoms with E-state index in [0.29, 0.717) is 11.0 Å². The van der Waals surface area contributed by atoms with Crippen molar-refractivity contribution >= 4 is 28.2 Å². The third kappa shape index (κ3) is 1.58. The summed E-state index contributed by atoms with van der Waals surface area (Å²) in [7, 11) is 2.13. The quantitative estimate of drug-likeness (QED) is 0.699. The van der Waals surface area contributed by atoms with Crippen LogP contribution in [0.2, 0.25) is 5.15 Å². The van der Waals surface area contributed by atoms with Crippen molar-refractivity contribution in [2.24, 2.45) is 0 Å². The lowest BCUT2D eigenvalue weighted by Gasteiger charge is -2.22. The predicted molar refractivity (Wildman–Crippen MR) is 79.7 cm³/mol. The van der Waals surface area contributed by atoms with Gasteiger partial charge in [0.05, 0.1) is 12.1 Å². The minimum atomic E-state index is 0.129. The fourth-order valence-corrected chi connectivity index (χ4v) is 3.82. The SMILES string of the molecule is Cc1nc(Cl)c2cc3c(cc2n1)C1(CCOC1)CN3C. The maximum absolute atomic E-state index is 6.27. The largest absolute Gasteiger partial charge is 0.380 e. The molecular weight excluding hydrogens is 274 g/mol. The molecule has 5 heteroatoms. The van der Waals surface area contributed by atoms with E-state index in [0.717, 1.165) is 37.1 Å². The van der Waals surface area contributed by atoms with Gasteiger partial charge in [0, 0.05) is 36.7 Å². The van der Waals surface area contributed by atoms with Crippen LogP contribution in [0.4, 0.5) is 5.69 Å². The molecule has 0 N–H and O–H groups in total. The molecule has 4 nitrogen and oxygen atoms in total. The third-order valence-electron chi connectivity index (χ3n) is 4.50. The van der Waals surface area contributed by atoms with E-state index in [1.54, 1.807) is 0 Å². The Hall–Kier alpha value is -1.39. The molecule has 1 fully saturated rings. The van der Waals surface area contributed by atoms with Gasteiger partial charge in [-0.15, -0.1) is 0 Å². The Balaban J connectivity index is 2.01. The second-order valence-electron chi connectivity index (χ2n) is 5.89. The average molecular weight is 290 g/mol. The number of aromatic nitrogens is 2. The lowest BCUT2D eigenvalue weighted by atomic mass is 9.81. The maximum Gasteiger partial charge on any atom is 0.140 e. The maximum atomic E-state index is 6.27. The van der Waals surface area contributed by atoms with Crippen LogP contribution in [0.3, 0.4) is 0 Å². The van der Waals surface area contributed by atoms with Crippen molar-refractivity contribution in [3.63, 3.8) is 0 Å². The molecule has 1 unspecified atom stereocenters. The first-order valence-corrected chi connectivity index (χ1v) is 7.24. The smallest absolute Gasteiger partial charge is 0.140 e. The highest BCUT2D eigenvalue weighted by Gasteiger charge is 2.44. The van der Waals surface area contributed by atoms with Gasteiger partial charge < -0.3 is 9.64 Å². The molecule has 20 heavy (non-hydrogen) atoms. The molecule has 1 aromatic carbocycles. The second-order valence-corrected chi connectivity index (χ2v) is 6.25. The molecule has 0 saturated carbocycles. The number of fused-ring (bicyclic) bond motifs is 3. The van der Waals surface area contributed by atoms with Gasteiger partial charge in [-0.25, -0.2) is 9.97 Å². The van der Waals surface area contributed by atoms with Crippen LogP contribution in [-0.2, 0) is 10.2 Å². The molecular formula is C15H16ClN3O. The van der Waals surface area contributed by atoms with Gasteiger partial charge in [0.2, 0.25) is 0 Å². The van der Waals surface area contributed by atoms with Crippen LogP contribution in [0, 0.1) is 6.92 Å². The number of nitrogens with zero attached hydrogens (tertiary/aromatic N) is 3. The molecule has 2 aromatic rings. The van der Waals surface area contributed by atoms with Gasteiger partial charge in [-0.1, -0.05) is 11.6 Å². The predicted octanol–water partition coefficient (Wildman–Crippen LogP) is 2.70. The van der Waals surface area contributed by atoms with Crippen molar-refractivity contribution in [2.45, 2.75) is 18.8 Å². The number of benzene rings is 1. The number of hydrogen-bond acceptors (Lipinski definition) is 4. The number of ether oxygens (including phenoxy) is 1. The third-order valence-corrected chi connectivity index (χ3v) is 4.79. The molecule has 2 aliphatic heterocycles. The van der Waals surface area contributed by atoms with Crippen molar-refractivity contribution in [2.75, 3.05) is 31.7 Å². The fourth-order valence-electron chi connectivity index (χ4n) is 3.55. The van der Waals surface area contributed by atoms with E-state index in [9.17, 15) is 0 Å². The van der Waals surface area contributed by atoms with E-state index in [1.807, 2.05) is 6.92 Å². The average Bonchev–Trinajstić information content (AvgIpc) is 2.96. The van der Waals surface area contributed by atoms with Crippen LogP contribution in [0.15, 0.2) is 12.1 Å². The molecule has 0 radical (unpaired) electrons. The zero-order chi connectivity index (χ0) is 13.9. The standard InChI is InChI=1S/C15H16ClN3O/c1-9-17-12-6-11-13(5-10(12)14(16)18-9)19(2)7-15(11)3-4-20-8-15/h5-6H,3-4,7-8H2,1-2H3. The van der Waals surface area contributed by atoms with Crippen molar-refractivity contribution in [1.29, 1.82) is 0 Å². The van der Waals surface area contributed by atoms with E-state index in [4.69, 9.17) is 16.3 Å². The first-order valence-electron chi connectivity index (χ1n) is 6.86. The number of hydrogen-bond donors (Lipinski definition) is 0. The van der Waals surface area contributed by atoms with Gasteiger partial charge in [0.25, 0.3) is 0 Å². The molecule has 2 aliphatic rings. The fraction of sp³-hybridized carbons (Fsp3) is 0.467. The Labute approximate surface area is 122 Å². The molecule has 4 rings (SSSR count). The first-order chi connectivity index (χ1) is 9.59. The number of anilines is 1. The summed E-state index contributed by atoms with van der Waals surface area (Å²) in [5.74, 6) is 0.713. The van der Waals surface area contributed by atoms with Crippen LogP contribution in [-0.4, -0.2) is 36.8 Å². The lowest BCUT2D eigenvalue weighted by Crippen LogP contribution is -2.32. The van der Waals surface area contributed by atoms with Crippen molar-refractivity contribution in [1.82, 2.24) is 9.97 Å². The number of likely N-dealkylation sites (N-methyl/N-ethyl adjacent to an activating group) is 1. The van der Waals surface area contributed by atoms with Crippen molar-refractivity contribution in [3.05, 3.63) is 28.7 Å². The summed E-state index contributed by atoms with van der Waals surface area (Å²) in [6, 6.07) is 4.31. The summed E-state index contributed by atoms with van der Waals surface area (Å²) >= 11 is 6.27. The highest BCUT2D eigenvalue weighted by Crippen LogP contribution is 2.46. The highest BCUT2D eigenvalue weighted by molar-refractivity contribution is 6.34. The summed E-state index contributed by atoms with van der Waals surface area (Å²) in [5.41, 5.74) is 3.64. The molecule has 1 atom stereocenters. The normalized spacial score (nSPS) is 24.9. The van der Waals surface area contributed by atoms with E-state index >= 15 is 0 Å². The van der Waals surface area contributed by atoms with Crippen molar-refractivity contribution in [3.8, 4) is 0 Å². The van der Waals surface area contributed by atoms with Gasteiger partial charge in [-0.2, -0.15) is 0 Å². The van der Waals surface area contributed by atoms with Gasteiger partial charge in [0.15, 0.2) is 0 Å². The molecule has 0 aliphatic carbocycles. The van der Waals surface area contributed by atoms with E-state index in [1.165, 1.54) is 11.3 Å². The number of halogens is 1. The molecule has 1 saturated heterocycles. The molecule has 0 amide bonds. The zero-order valence-electron chi connectivity index (χ0n) is 11.6. The van der Waals surface area contributed by atoms with Crippen molar-refractivity contribution < 1.29 is 4.74 Å².